The summed E-state index contributed by atoms with van der Waals surface area (Å²) in [5.74, 6) is -1.83. The lowest BCUT2D eigenvalue weighted by atomic mass is 10.0. The topological polar surface area (TPSA) is 101 Å². The van der Waals surface area contributed by atoms with Crippen LogP contribution < -0.4 is 10.9 Å². The van der Waals surface area contributed by atoms with Gasteiger partial charge in [0.15, 0.2) is 0 Å². The Balaban J connectivity index is 1.99. The molecule has 0 radical (unpaired) electrons. The van der Waals surface area contributed by atoms with Gasteiger partial charge in [0.1, 0.15) is 11.4 Å². The Hall–Kier alpha value is -2.22. The molecule has 2 heterocycles. The fourth-order valence-electron chi connectivity index (χ4n) is 3.00. The van der Waals surface area contributed by atoms with E-state index in [0.29, 0.717) is 28.6 Å². The van der Waals surface area contributed by atoms with Crippen LogP contribution in [0.1, 0.15) is 43.0 Å². The van der Waals surface area contributed by atoms with Gasteiger partial charge in [-0.3, -0.25) is 19.0 Å². The molecule has 1 aliphatic carbocycles. The number of carboxylic acid groups (broad SMARTS) is 1. The second-order valence-corrected chi connectivity index (χ2v) is 7.19. The quantitative estimate of drug-likeness (QED) is 0.851. The number of nitrogens with one attached hydrogen (secondary N) is 1. The van der Waals surface area contributed by atoms with Crippen molar-refractivity contribution in [1.82, 2.24) is 14.9 Å². The third-order valence-electron chi connectivity index (χ3n) is 4.43. The maximum atomic E-state index is 12.8. The Morgan fingerprint density at radius 2 is 2.29 bits per heavy atom. The maximum Gasteiger partial charge on any atom is 0.311 e. The summed E-state index contributed by atoms with van der Waals surface area (Å²) < 4.78 is 1.25. The largest absolute Gasteiger partial charge is 0.481 e. The molecule has 7 nitrogen and oxygen atoms in total. The lowest BCUT2D eigenvalue weighted by Crippen LogP contribution is -2.37. The molecule has 24 heavy (non-hydrogen) atoms. The van der Waals surface area contributed by atoms with Crippen LogP contribution >= 0.6 is 11.3 Å². The molecule has 0 saturated carbocycles. The van der Waals surface area contributed by atoms with Gasteiger partial charge in [-0.05, 0) is 31.7 Å². The van der Waals surface area contributed by atoms with Gasteiger partial charge in [0.2, 0.25) is 5.91 Å². The molecule has 2 aromatic heterocycles. The third-order valence-corrected chi connectivity index (χ3v) is 5.61. The second-order valence-electron chi connectivity index (χ2n) is 6.10. The summed E-state index contributed by atoms with van der Waals surface area (Å²) in [6.45, 7) is 3.74. The van der Waals surface area contributed by atoms with Crippen molar-refractivity contribution in [2.24, 2.45) is 0 Å². The normalized spacial score (nSPS) is 17.7. The van der Waals surface area contributed by atoms with Crippen molar-refractivity contribution >= 4 is 33.4 Å². The van der Waals surface area contributed by atoms with Crippen LogP contribution in [-0.4, -0.2) is 32.6 Å². The molecule has 0 aromatic carbocycles. The van der Waals surface area contributed by atoms with Gasteiger partial charge in [-0.2, -0.15) is 0 Å². The fraction of sp³-hybridized carbons (Fsp3) is 0.500. The van der Waals surface area contributed by atoms with Crippen molar-refractivity contribution in [2.75, 3.05) is 0 Å². The summed E-state index contributed by atoms with van der Waals surface area (Å²) in [5, 5.41) is 12.5. The molecule has 2 atom stereocenters. The van der Waals surface area contributed by atoms with E-state index in [1.54, 1.807) is 0 Å². The van der Waals surface area contributed by atoms with Crippen molar-refractivity contribution in [3.05, 3.63) is 27.1 Å². The number of hydrogen-bond acceptors (Lipinski definition) is 5. The highest BCUT2D eigenvalue weighted by Gasteiger charge is 2.34. The van der Waals surface area contributed by atoms with Crippen LogP contribution in [0.4, 0.5) is 0 Å². The molecular weight excluding hydrogens is 330 g/mol. The molecular formula is C16H19N3O4S. The van der Waals surface area contributed by atoms with E-state index in [4.69, 9.17) is 0 Å². The van der Waals surface area contributed by atoms with Gasteiger partial charge in [0.05, 0.1) is 17.6 Å². The summed E-state index contributed by atoms with van der Waals surface area (Å²) in [7, 11) is 0. The molecule has 3 rings (SSSR count). The van der Waals surface area contributed by atoms with E-state index in [1.165, 1.54) is 22.2 Å². The number of thiophene rings is 1. The van der Waals surface area contributed by atoms with Crippen LogP contribution in [0.3, 0.4) is 0 Å². The van der Waals surface area contributed by atoms with Gasteiger partial charge in [-0.1, -0.05) is 6.92 Å². The number of aliphatic carboxylic acids is 1. The van der Waals surface area contributed by atoms with Crippen LogP contribution in [0, 0.1) is 0 Å². The van der Waals surface area contributed by atoms with E-state index >= 15 is 0 Å². The van der Waals surface area contributed by atoms with Crippen molar-refractivity contribution < 1.29 is 14.7 Å². The lowest BCUT2D eigenvalue weighted by molar-refractivity contribution is -0.138. The van der Waals surface area contributed by atoms with Crippen LogP contribution in [0.5, 0.6) is 0 Å². The first-order chi connectivity index (χ1) is 11.4. The van der Waals surface area contributed by atoms with E-state index in [0.717, 1.165) is 11.3 Å². The summed E-state index contributed by atoms with van der Waals surface area (Å²) in [4.78, 5) is 42.0. The molecule has 0 spiro atoms. The van der Waals surface area contributed by atoms with Crippen LogP contribution in [-0.2, 0) is 22.6 Å². The smallest absolute Gasteiger partial charge is 0.311 e. The number of carboxylic acids is 1. The van der Waals surface area contributed by atoms with Crippen LogP contribution in [0.2, 0.25) is 0 Å². The van der Waals surface area contributed by atoms with Crippen molar-refractivity contribution in [3.63, 3.8) is 0 Å². The molecule has 2 N–H and O–H groups in total. The first-order valence-electron chi connectivity index (χ1n) is 7.95. The summed E-state index contributed by atoms with van der Waals surface area (Å²) in [5.41, 5.74) is 0.252. The number of hydrogen-bond donors (Lipinski definition) is 2. The highest BCUT2D eigenvalue weighted by molar-refractivity contribution is 7.18. The van der Waals surface area contributed by atoms with E-state index in [-0.39, 0.29) is 24.1 Å². The number of rotatable bonds is 5. The van der Waals surface area contributed by atoms with Gasteiger partial charge in [-0.25, -0.2) is 4.98 Å². The van der Waals surface area contributed by atoms with Gasteiger partial charge in [0.25, 0.3) is 5.56 Å². The Kier molecular flexibility index (Phi) is 4.40. The Bertz CT molecular complexity index is 870. The number of aromatic nitrogens is 2. The Morgan fingerprint density at radius 1 is 1.54 bits per heavy atom. The highest BCUT2D eigenvalue weighted by Crippen LogP contribution is 2.41. The van der Waals surface area contributed by atoms with Crippen molar-refractivity contribution in [1.29, 1.82) is 0 Å². The van der Waals surface area contributed by atoms with E-state index in [2.05, 4.69) is 10.3 Å². The summed E-state index contributed by atoms with van der Waals surface area (Å²) in [6, 6.07) is 0.0340. The molecule has 0 bridgehead atoms. The van der Waals surface area contributed by atoms with Crippen molar-refractivity contribution in [3.8, 4) is 0 Å². The number of carbonyl (C=O) groups is 2. The maximum absolute atomic E-state index is 12.8. The predicted octanol–water partition coefficient (Wildman–Crippen LogP) is 1.49. The molecule has 2 aromatic rings. The number of nitrogens with zero attached hydrogens (tertiary/aromatic N) is 2. The van der Waals surface area contributed by atoms with E-state index < -0.39 is 11.9 Å². The number of fused-ring (bicyclic) bond motifs is 3. The summed E-state index contributed by atoms with van der Waals surface area (Å²) >= 11 is 1.38. The first-order valence-corrected chi connectivity index (χ1v) is 8.76. The zero-order chi connectivity index (χ0) is 17.4. The predicted molar refractivity (Wildman–Crippen MR) is 90.5 cm³/mol. The van der Waals surface area contributed by atoms with Gasteiger partial charge < -0.3 is 10.4 Å². The minimum absolute atomic E-state index is 0.0340. The average molecular weight is 349 g/mol. The van der Waals surface area contributed by atoms with Crippen molar-refractivity contribution in [2.45, 2.75) is 51.6 Å². The third kappa shape index (κ3) is 2.82. The minimum Gasteiger partial charge on any atom is -0.481 e. The minimum atomic E-state index is -0.919. The number of amides is 1. The molecule has 8 heteroatoms. The molecule has 0 fully saturated rings. The molecule has 0 aliphatic heterocycles. The first kappa shape index (κ1) is 16.6. The molecule has 1 amide bonds. The van der Waals surface area contributed by atoms with E-state index in [9.17, 15) is 19.5 Å². The van der Waals surface area contributed by atoms with Crippen LogP contribution in [0.15, 0.2) is 11.1 Å². The Morgan fingerprint density at radius 3 is 2.96 bits per heavy atom. The highest BCUT2D eigenvalue weighted by atomic mass is 32.1. The fourth-order valence-corrected chi connectivity index (χ4v) is 4.21. The lowest BCUT2D eigenvalue weighted by Gasteiger charge is -2.12. The van der Waals surface area contributed by atoms with Crippen LogP contribution in [0.25, 0.3) is 10.2 Å². The zero-order valence-electron chi connectivity index (χ0n) is 13.5. The second kappa shape index (κ2) is 6.35. The number of aryl methyl sites for hydroxylation is 1. The molecule has 0 saturated heterocycles. The zero-order valence-corrected chi connectivity index (χ0v) is 14.4. The SMILES string of the molecule is CCC(C)NC(=O)Cn1cnc2sc3c(c2c1=O)C(C(=O)O)CC3. The van der Waals surface area contributed by atoms with Gasteiger partial charge in [-0.15, -0.1) is 11.3 Å². The monoisotopic (exact) mass is 349 g/mol. The molecule has 128 valence electrons. The Labute approximate surface area is 142 Å². The van der Waals surface area contributed by atoms with Gasteiger partial charge in [0, 0.05) is 10.9 Å². The number of carbonyl (C=O) groups excluding carboxylic acids is 1. The van der Waals surface area contributed by atoms with E-state index in [1.807, 2.05) is 13.8 Å². The van der Waals surface area contributed by atoms with Gasteiger partial charge >= 0.3 is 5.97 Å². The molecule has 1 aliphatic rings. The standard InChI is InChI=1S/C16H19N3O4S/c1-3-8(2)18-11(20)6-19-7-17-14-13(15(19)21)12-9(16(22)23)4-5-10(12)24-14/h7-9H,3-6H2,1-2H3,(H,18,20)(H,22,23). The summed E-state index contributed by atoms with van der Waals surface area (Å²) in [6.07, 6.45) is 3.33. The average Bonchev–Trinajstić information content (AvgIpc) is 3.08. The molecule has 2 unspecified atom stereocenters.